The fraction of sp³-hybridized carbons (Fsp3) is 0.500. The Hall–Kier alpha value is -3.40. The van der Waals surface area contributed by atoms with Crippen molar-refractivity contribution < 1.29 is 24.3 Å². The molecule has 1 atom stereocenters. The van der Waals surface area contributed by atoms with Crippen LogP contribution in [0.15, 0.2) is 46.7 Å². The molecule has 1 N–H and O–H groups in total. The topological polar surface area (TPSA) is 108 Å². The van der Waals surface area contributed by atoms with Gasteiger partial charge in [-0.2, -0.15) is 0 Å². The fourth-order valence-electron chi connectivity index (χ4n) is 4.53. The van der Waals surface area contributed by atoms with Crippen molar-refractivity contribution in [3.8, 4) is 5.88 Å². The first-order valence-electron chi connectivity index (χ1n) is 11.6. The van der Waals surface area contributed by atoms with E-state index < -0.39 is 12.0 Å². The fourth-order valence-corrected chi connectivity index (χ4v) is 4.53. The Morgan fingerprint density at radius 1 is 1.24 bits per heavy atom. The lowest BCUT2D eigenvalue weighted by Crippen LogP contribution is -2.36. The number of amides is 2. The van der Waals surface area contributed by atoms with Crippen molar-refractivity contribution in [1.29, 1.82) is 0 Å². The molecule has 0 bridgehead atoms. The molecule has 0 aromatic carbocycles. The Morgan fingerprint density at radius 2 is 2.09 bits per heavy atom. The van der Waals surface area contributed by atoms with Crippen LogP contribution in [-0.4, -0.2) is 83.3 Å². The molecule has 10 nitrogen and oxygen atoms in total. The molecule has 0 aliphatic carbocycles. The predicted molar refractivity (Wildman–Crippen MR) is 124 cm³/mol. The van der Waals surface area contributed by atoms with Crippen molar-refractivity contribution in [2.24, 2.45) is 4.99 Å². The molecule has 1 saturated heterocycles. The Balaban J connectivity index is 1.38. The summed E-state index contributed by atoms with van der Waals surface area (Å²) in [4.78, 5) is 37.4. The first kappa shape index (κ1) is 23.7. The van der Waals surface area contributed by atoms with Crippen LogP contribution in [0.5, 0.6) is 5.88 Å². The minimum Gasteiger partial charge on any atom is -0.481 e. The van der Waals surface area contributed by atoms with Gasteiger partial charge in [0, 0.05) is 44.1 Å². The summed E-state index contributed by atoms with van der Waals surface area (Å²) in [5.74, 6) is 0.717. The number of rotatable bonds is 9. The van der Waals surface area contributed by atoms with E-state index in [2.05, 4.69) is 9.98 Å². The van der Waals surface area contributed by atoms with Crippen LogP contribution in [0, 0.1) is 0 Å². The van der Waals surface area contributed by atoms with E-state index in [0.29, 0.717) is 44.2 Å². The largest absolute Gasteiger partial charge is 0.481 e. The number of esters is 1. The molecule has 10 heteroatoms. The van der Waals surface area contributed by atoms with E-state index >= 15 is 0 Å². The van der Waals surface area contributed by atoms with Crippen LogP contribution in [0.1, 0.15) is 43.7 Å². The van der Waals surface area contributed by atoms with Crippen molar-refractivity contribution in [2.75, 3.05) is 40.4 Å². The zero-order valence-corrected chi connectivity index (χ0v) is 19.6. The Morgan fingerprint density at radius 3 is 2.82 bits per heavy atom. The number of amidine groups is 1. The van der Waals surface area contributed by atoms with Crippen molar-refractivity contribution in [3.63, 3.8) is 0 Å². The molecule has 3 aliphatic heterocycles. The third kappa shape index (κ3) is 5.06. The number of carbonyl (C=O) groups excluding carboxylic acids is 2. The average Bonchev–Trinajstić information content (AvgIpc) is 3.23. The highest BCUT2D eigenvalue weighted by Gasteiger charge is 2.36. The highest BCUT2D eigenvalue weighted by Crippen LogP contribution is 2.30. The highest BCUT2D eigenvalue weighted by atomic mass is 16.5. The van der Waals surface area contributed by atoms with Crippen molar-refractivity contribution in [2.45, 2.75) is 38.1 Å². The van der Waals surface area contributed by atoms with E-state index in [0.717, 1.165) is 36.2 Å². The number of hydrogen-bond acceptors (Lipinski definition) is 8. The third-order valence-corrected chi connectivity index (χ3v) is 6.41. The van der Waals surface area contributed by atoms with Gasteiger partial charge in [-0.25, -0.2) is 14.8 Å². The number of methoxy groups -OCH3 is 2. The van der Waals surface area contributed by atoms with Crippen molar-refractivity contribution in [3.05, 3.63) is 47.3 Å². The molecule has 0 saturated carbocycles. The molecule has 0 spiro atoms. The molecule has 4 heterocycles. The van der Waals surface area contributed by atoms with Crippen LogP contribution in [0.2, 0.25) is 0 Å². The molecule has 2 amide bonds. The first-order chi connectivity index (χ1) is 16.5. The predicted octanol–water partition coefficient (Wildman–Crippen LogP) is 2.92. The van der Waals surface area contributed by atoms with Crippen LogP contribution in [0.4, 0.5) is 4.79 Å². The highest BCUT2D eigenvalue weighted by molar-refractivity contribution is 6.00. The molecule has 34 heavy (non-hydrogen) atoms. The minimum absolute atomic E-state index is 0.0488. The molecule has 1 aromatic rings. The van der Waals surface area contributed by atoms with Crippen LogP contribution in [0.3, 0.4) is 0 Å². The van der Waals surface area contributed by atoms with Gasteiger partial charge in [-0.1, -0.05) is 12.1 Å². The second-order valence-electron chi connectivity index (χ2n) is 8.47. The standard InChI is InChI=1S/C24H31N5O5/c1-33-21-10-8-18(16-26-21)20(15-22(30)34-2)28-14-13-27(24(28)31)12-4-6-19-9-7-17-5-3-11-25-23(17)29(19)32/h7-10,16,20,32H,3-6,11-15H2,1-2H3/t20-/m0/s1. The lowest BCUT2D eigenvalue weighted by atomic mass is 10.0. The Labute approximate surface area is 199 Å². The second-order valence-corrected chi connectivity index (χ2v) is 8.47. The van der Waals surface area contributed by atoms with E-state index in [1.54, 1.807) is 22.1 Å². The molecule has 0 unspecified atom stereocenters. The van der Waals surface area contributed by atoms with E-state index in [1.165, 1.54) is 19.3 Å². The normalized spacial score (nSPS) is 18.7. The van der Waals surface area contributed by atoms with E-state index in [-0.39, 0.29) is 12.5 Å². The maximum atomic E-state index is 13.2. The number of carbonyl (C=O) groups is 2. The summed E-state index contributed by atoms with van der Waals surface area (Å²) in [6, 6.07) is 2.94. The molecule has 182 valence electrons. The Kier molecular flexibility index (Phi) is 7.46. The number of urea groups is 1. The first-order valence-corrected chi connectivity index (χ1v) is 11.6. The van der Waals surface area contributed by atoms with Crippen LogP contribution in [0.25, 0.3) is 0 Å². The second kappa shape index (κ2) is 10.7. The van der Waals surface area contributed by atoms with Gasteiger partial charge in [0.2, 0.25) is 5.88 Å². The monoisotopic (exact) mass is 469 g/mol. The van der Waals surface area contributed by atoms with Gasteiger partial charge in [-0.15, -0.1) is 0 Å². The third-order valence-electron chi connectivity index (χ3n) is 6.41. The van der Waals surface area contributed by atoms with Gasteiger partial charge in [0.25, 0.3) is 0 Å². The van der Waals surface area contributed by atoms with Crippen LogP contribution in [-0.2, 0) is 9.53 Å². The number of fused-ring (bicyclic) bond motifs is 1. The number of aliphatic imine (C=N–C) groups is 1. The van der Waals surface area contributed by atoms with Gasteiger partial charge in [-0.3, -0.25) is 15.0 Å². The number of nitrogens with zero attached hydrogens (tertiary/aromatic N) is 5. The number of hydrogen-bond donors (Lipinski definition) is 1. The lowest BCUT2D eigenvalue weighted by molar-refractivity contribution is -0.141. The van der Waals surface area contributed by atoms with Gasteiger partial charge in [0.1, 0.15) is 0 Å². The number of allylic oxidation sites excluding steroid dienone is 3. The Bertz CT molecular complexity index is 1000. The summed E-state index contributed by atoms with van der Waals surface area (Å²) in [6.45, 7) is 2.35. The SMILES string of the molecule is COC(=O)C[C@@H](c1ccc(OC)nc1)N1CCN(CCCC2=CC=C3CCCN=C3N2O)C1=O. The average molecular weight is 470 g/mol. The maximum absolute atomic E-state index is 13.2. The summed E-state index contributed by atoms with van der Waals surface area (Å²) >= 11 is 0. The summed E-state index contributed by atoms with van der Waals surface area (Å²) in [6.07, 6.45) is 8.89. The molecular formula is C24H31N5O5. The van der Waals surface area contributed by atoms with Gasteiger partial charge >= 0.3 is 12.0 Å². The molecule has 0 radical (unpaired) electrons. The molecule has 4 rings (SSSR count). The van der Waals surface area contributed by atoms with Crippen LogP contribution >= 0.6 is 0 Å². The van der Waals surface area contributed by atoms with E-state index in [4.69, 9.17) is 9.47 Å². The maximum Gasteiger partial charge on any atom is 0.320 e. The lowest BCUT2D eigenvalue weighted by Gasteiger charge is -2.29. The van der Waals surface area contributed by atoms with E-state index in [1.807, 2.05) is 18.2 Å². The summed E-state index contributed by atoms with van der Waals surface area (Å²) in [5.41, 5.74) is 2.59. The number of ether oxygens (including phenoxy) is 2. The van der Waals surface area contributed by atoms with Gasteiger partial charge < -0.3 is 19.3 Å². The zero-order chi connectivity index (χ0) is 24.1. The minimum atomic E-state index is -0.467. The number of pyridine rings is 1. The van der Waals surface area contributed by atoms with Crippen molar-refractivity contribution >= 4 is 17.8 Å². The summed E-state index contributed by atoms with van der Waals surface area (Å²) < 4.78 is 9.98. The van der Waals surface area contributed by atoms with Gasteiger partial charge in [-0.05, 0) is 42.9 Å². The number of hydroxylamine groups is 2. The van der Waals surface area contributed by atoms with Crippen LogP contribution < -0.4 is 4.74 Å². The van der Waals surface area contributed by atoms with E-state index in [9.17, 15) is 14.8 Å². The molecule has 3 aliphatic rings. The molecular weight excluding hydrogens is 438 g/mol. The van der Waals surface area contributed by atoms with Gasteiger partial charge in [0.15, 0.2) is 5.84 Å². The van der Waals surface area contributed by atoms with Gasteiger partial charge in [0.05, 0.1) is 26.7 Å². The van der Waals surface area contributed by atoms with Crippen molar-refractivity contribution in [1.82, 2.24) is 19.8 Å². The summed E-state index contributed by atoms with van der Waals surface area (Å²) in [7, 11) is 2.87. The smallest absolute Gasteiger partial charge is 0.320 e. The molecule has 1 aromatic heterocycles. The zero-order valence-electron chi connectivity index (χ0n) is 19.6. The number of aromatic nitrogens is 1. The summed E-state index contributed by atoms with van der Waals surface area (Å²) in [5, 5.41) is 11.7. The molecule has 1 fully saturated rings. The quantitative estimate of drug-likeness (QED) is 0.554.